The van der Waals surface area contributed by atoms with E-state index in [-0.39, 0.29) is 42.1 Å². The summed E-state index contributed by atoms with van der Waals surface area (Å²) in [5.41, 5.74) is 1.76. The highest BCUT2D eigenvalue weighted by Crippen LogP contribution is 2.35. The molecule has 0 spiro atoms. The second-order valence-electron chi connectivity index (χ2n) is 9.07. The van der Waals surface area contributed by atoms with Gasteiger partial charge in [0.05, 0.1) is 6.42 Å². The fraction of sp³-hybridized carbons (Fsp3) is 0.417. The third-order valence-corrected chi connectivity index (χ3v) is 6.86. The van der Waals surface area contributed by atoms with Gasteiger partial charge < -0.3 is 14.8 Å². The van der Waals surface area contributed by atoms with Crippen LogP contribution in [0.1, 0.15) is 30.0 Å². The van der Waals surface area contributed by atoms with E-state index in [0.29, 0.717) is 26.1 Å². The van der Waals surface area contributed by atoms with Crippen molar-refractivity contribution in [1.29, 1.82) is 0 Å². The zero-order valence-corrected chi connectivity index (χ0v) is 18.1. The second kappa shape index (κ2) is 8.46. The van der Waals surface area contributed by atoms with Gasteiger partial charge in [0.25, 0.3) is 11.5 Å². The van der Waals surface area contributed by atoms with Crippen LogP contribution in [-0.4, -0.2) is 57.9 Å². The van der Waals surface area contributed by atoms with Crippen LogP contribution in [-0.2, 0) is 22.6 Å². The number of piperidine rings is 1. The van der Waals surface area contributed by atoms with Crippen LogP contribution in [0.3, 0.4) is 0 Å². The number of benzene rings is 1. The van der Waals surface area contributed by atoms with Crippen molar-refractivity contribution in [2.24, 2.45) is 5.92 Å². The molecule has 172 valence electrons. The molecule has 4 heterocycles. The van der Waals surface area contributed by atoms with Crippen molar-refractivity contribution < 1.29 is 18.8 Å². The van der Waals surface area contributed by atoms with Crippen LogP contribution in [0.5, 0.6) is 0 Å². The lowest BCUT2D eigenvalue weighted by molar-refractivity contribution is -0.137. The lowest BCUT2D eigenvalue weighted by atomic mass is 9.83. The number of carbonyl (C=O) groups is 3. The third kappa shape index (κ3) is 4.15. The molecule has 5 rings (SSSR count). The predicted molar refractivity (Wildman–Crippen MR) is 117 cm³/mol. The number of nitrogens with one attached hydrogen (secondary N) is 1. The van der Waals surface area contributed by atoms with E-state index in [0.717, 1.165) is 22.6 Å². The minimum absolute atomic E-state index is 0.0121. The lowest BCUT2D eigenvalue weighted by Gasteiger charge is -2.43. The van der Waals surface area contributed by atoms with Crippen molar-refractivity contribution >= 4 is 17.8 Å². The number of hydrogen-bond donors (Lipinski definition) is 1. The summed E-state index contributed by atoms with van der Waals surface area (Å²) in [6.45, 7) is 1.80. The molecule has 33 heavy (non-hydrogen) atoms. The molecule has 0 radical (unpaired) electrons. The van der Waals surface area contributed by atoms with Crippen LogP contribution in [0.25, 0.3) is 0 Å². The zero-order chi connectivity index (χ0) is 23.1. The number of pyridine rings is 1. The van der Waals surface area contributed by atoms with Gasteiger partial charge in [-0.05, 0) is 42.5 Å². The summed E-state index contributed by atoms with van der Waals surface area (Å²) in [6, 6.07) is 9.78. The SMILES string of the molecule is O=C(C[C@@H]1NC(=O)N(CCc2ccc(F)cc2)C1=O)N1C[C@@H]2C[C@H](C1)c1cccc(=O)n1C2. The highest BCUT2D eigenvalue weighted by molar-refractivity contribution is 6.05. The van der Waals surface area contributed by atoms with E-state index in [1.807, 2.05) is 6.07 Å². The summed E-state index contributed by atoms with van der Waals surface area (Å²) >= 11 is 0. The van der Waals surface area contributed by atoms with E-state index in [4.69, 9.17) is 0 Å². The number of fused-ring (bicyclic) bond motifs is 4. The van der Waals surface area contributed by atoms with Crippen LogP contribution < -0.4 is 10.9 Å². The Kier molecular flexibility index (Phi) is 5.47. The van der Waals surface area contributed by atoms with Gasteiger partial charge in [0.2, 0.25) is 5.91 Å². The summed E-state index contributed by atoms with van der Waals surface area (Å²) in [6.07, 6.45) is 1.26. The first-order valence-corrected chi connectivity index (χ1v) is 11.2. The number of rotatable bonds is 5. The van der Waals surface area contributed by atoms with Gasteiger partial charge in [-0.2, -0.15) is 0 Å². The van der Waals surface area contributed by atoms with Crippen molar-refractivity contribution in [3.63, 3.8) is 0 Å². The predicted octanol–water partition coefficient (Wildman–Crippen LogP) is 1.49. The normalized spacial score (nSPS) is 24.0. The molecule has 1 aromatic heterocycles. The molecule has 2 fully saturated rings. The fourth-order valence-corrected chi connectivity index (χ4v) is 5.22. The quantitative estimate of drug-likeness (QED) is 0.696. The number of urea groups is 1. The molecular formula is C24H25FN4O4. The molecule has 0 aliphatic carbocycles. The van der Waals surface area contributed by atoms with Gasteiger partial charge in [-0.1, -0.05) is 18.2 Å². The Morgan fingerprint density at radius 3 is 2.61 bits per heavy atom. The summed E-state index contributed by atoms with van der Waals surface area (Å²) in [7, 11) is 0. The summed E-state index contributed by atoms with van der Waals surface area (Å²) in [5, 5.41) is 2.63. The van der Waals surface area contributed by atoms with E-state index >= 15 is 0 Å². The Hall–Kier alpha value is -3.49. The van der Waals surface area contributed by atoms with Crippen LogP contribution in [0, 0.1) is 11.7 Å². The van der Waals surface area contributed by atoms with Crippen LogP contribution in [0.15, 0.2) is 47.3 Å². The zero-order valence-electron chi connectivity index (χ0n) is 18.1. The Morgan fingerprint density at radius 2 is 1.82 bits per heavy atom. The molecule has 3 aliphatic rings. The fourth-order valence-electron chi connectivity index (χ4n) is 5.22. The van der Waals surface area contributed by atoms with Gasteiger partial charge in [0, 0.05) is 43.9 Å². The average Bonchev–Trinajstić information content (AvgIpc) is 3.06. The Bertz CT molecular complexity index is 1160. The third-order valence-electron chi connectivity index (χ3n) is 6.86. The maximum absolute atomic E-state index is 13.1. The van der Waals surface area contributed by atoms with E-state index in [1.54, 1.807) is 33.7 Å². The molecule has 8 nitrogen and oxygen atoms in total. The minimum Gasteiger partial charge on any atom is -0.342 e. The van der Waals surface area contributed by atoms with E-state index in [1.165, 1.54) is 12.1 Å². The Balaban J connectivity index is 1.20. The number of amides is 4. The molecule has 2 aromatic rings. The summed E-state index contributed by atoms with van der Waals surface area (Å²) in [4.78, 5) is 53.2. The first-order valence-electron chi connectivity index (χ1n) is 11.2. The molecule has 2 saturated heterocycles. The molecule has 3 atom stereocenters. The molecule has 0 saturated carbocycles. The Morgan fingerprint density at radius 1 is 1.03 bits per heavy atom. The number of imide groups is 1. The highest BCUT2D eigenvalue weighted by Gasteiger charge is 2.41. The topological polar surface area (TPSA) is 91.7 Å². The van der Waals surface area contributed by atoms with Crippen LogP contribution in [0.4, 0.5) is 9.18 Å². The summed E-state index contributed by atoms with van der Waals surface area (Å²) < 4.78 is 14.9. The lowest BCUT2D eigenvalue weighted by Crippen LogP contribution is -2.50. The van der Waals surface area contributed by atoms with Gasteiger partial charge >= 0.3 is 6.03 Å². The molecule has 2 bridgehead atoms. The van der Waals surface area contributed by atoms with Crippen molar-refractivity contribution in [2.45, 2.75) is 37.8 Å². The van der Waals surface area contributed by atoms with Crippen molar-refractivity contribution in [3.8, 4) is 0 Å². The van der Waals surface area contributed by atoms with E-state index in [2.05, 4.69) is 5.32 Å². The van der Waals surface area contributed by atoms with Gasteiger partial charge in [-0.15, -0.1) is 0 Å². The maximum Gasteiger partial charge on any atom is 0.324 e. The van der Waals surface area contributed by atoms with Gasteiger partial charge in [-0.3, -0.25) is 19.3 Å². The molecule has 9 heteroatoms. The van der Waals surface area contributed by atoms with Crippen molar-refractivity contribution in [2.75, 3.05) is 19.6 Å². The number of halogens is 1. The maximum atomic E-state index is 13.1. The van der Waals surface area contributed by atoms with E-state index in [9.17, 15) is 23.6 Å². The molecule has 3 aliphatic heterocycles. The van der Waals surface area contributed by atoms with Gasteiger partial charge in [0.15, 0.2) is 0 Å². The van der Waals surface area contributed by atoms with Crippen LogP contribution in [0.2, 0.25) is 0 Å². The van der Waals surface area contributed by atoms with Gasteiger partial charge in [0.1, 0.15) is 11.9 Å². The second-order valence-corrected chi connectivity index (χ2v) is 9.07. The Labute approximate surface area is 190 Å². The first-order chi connectivity index (χ1) is 15.9. The average molecular weight is 452 g/mol. The van der Waals surface area contributed by atoms with Crippen LogP contribution >= 0.6 is 0 Å². The number of nitrogens with zero attached hydrogens (tertiary/aromatic N) is 3. The van der Waals surface area contributed by atoms with Gasteiger partial charge in [-0.25, -0.2) is 9.18 Å². The standard InChI is InChI=1S/C24H25FN4O4/c25-18-6-4-15(5-7-18)8-9-28-23(32)19(26-24(28)33)11-22(31)27-12-16-10-17(14-27)20-2-1-3-21(30)29(20)13-16/h1-7,16-17,19H,8-14H2,(H,26,33)/t16-,17+,19-/m0/s1. The summed E-state index contributed by atoms with van der Waals surface area (Å²) in [5.74, 6) is -0.637. The monoisotopic (exact) mass is 452 g/mol. The number of hydrogen-bond acceptors (Lipinski definition) is 4. The molecular weight excluding hydrogens is 427 g/mol. The number of aromatic nitrogens is 1. The molecule has 4 amide bonds. The van der Waals surface area contributed by atoms with Crippen molar-refractivity contribution in [3.05, 3.63) is 69.9 Å². The molecule has 1 N–H and O–H groups in total. The molecule has 0 unspecified atom stereocenters. The smallest absolute Gasteiger partial charge is 0.324 e. The first kappa shape index (κ1) is 21.4. The highest BCUT2D eigenvalue weighted by atomic mass is 19.1. The van der Waals surface area contributed by atoms with E-state index < -0.39 is 18.0 Å². The minimum atomic E-state index is -0.880. The van der Waals surface area contributed by atoms with Crippen molar-refractivity contribution in [1.82, 2.24) is 19.7 Å². The number of likely N-dealkylation sites (tertiary alicyclic amines) is 1. The molecule has 1 aromatic carbocycles. The number of carbonyl (C=O) groups excluding carboxylic acids is 3. The largest absolute Gasteiger partial charge is 0.342 e.